The third-order valence-corrected chi connectivity index (χ3v) is 3.79. The zero-order chi connectivity index (χ0) is 14.6. The Bertz CT molecular complexity index is 419. The number of ether oxygens (including phenoxy) is 1. The minimum Gasteiger partial charge on any atom is -0.496 e. The van der Waals surface area contributed by atoms with Gasteiger partial charge in [-0.1, -0.05) is 6.07 Å². The van der Waals surface area contributed by atoms with Crippen LogP contribution in [0, 0.1) is 0 Å². The van der Waals surface area contributed by atoms with Crippen LogP contribution in [-0.2, 0) is 0 Å². The van der Waals surface area contributed by atoms with Gasteiger partial charge in [0, 0.05) is 24.3 Å². The highest BCUT2D eigenvalue weighted by molar-refractivity contribution is 5.61. The van der Waals surface area contributed by atoms with Crippen molar-refractivity contribution in [1.82, 2.24) is 5.32 Å². The molecule has 0 aliphatic rings. The van der Waals surface area contributed by atoms with E-state index in [9.17, 15) is 5.11 Å². The zero-order valence-electron chi connectivity index (χ0n) is 12.8. The fourth-order valence-electron chi connectivity index (χ4n) is 2.01. The van der Waals surface area contributed by atoms with Crippen LogP contribution in [0.4, 0.5) is 5.69 Å². The molecule has 0 fully saturated rings. The molecule has 4 nitrogen and oxygen atoms in total. The molecule has 4 heteroatoms. The Morgan fingerprint density at radius 1 is 1.42 bits per heavy atom. The van der Waals surface area contributed by atoms with Crippen molar-refractivity contribution in [3.63, 3.8) is 0 Å². The zero-order valence-corrected chi connectivity index (χ0v) is 12.8. The number of hydrogen-bond acceptors (Lipinski definition) is 4. The number of likely N-dealkylation sites (N-methyl/N-ethyl adjacent to an activating group) is 1. The predicted molar refractivity (Wildman–Crippen MR) is 80.0 cm³/mol. The number of aliphatic hydroxyl groups excluding tert-OH is 1. The molecule has 0 bridgehead atoms. The van der Waals surface area contributed by atoms with Crippen LogP contribution >= 0.6 is 0 Å². The lowest BCUT2D eigenvalue weighted by atomic mass is 9.98. The molecule has 1 atom stereocenters. The molecular formula is C15H26N2O2. The van der Waals surface area contributed by atoms with Gasteiger partial charge in [-0.15, -0.1) is 0 Å². The molecule has 0 spiro atoms. The summed E-state index contributed by atoms with van der Waals surface area (Å²) >= 11 is 0. The Morgan fingerprint density at radius 3 is 2.53 bits per heavy atom. The van der Waals surface area contributed by atoms with Crippen molar-refractivity contribution in [2.45, 2.75) is 32.4 Å². The lowest BCUT2D eigenvalue weighted by Gasteiger charge is -2.38. The maximum atomic E-state index is 9.55. The van der Waals surface area contributed by atoms with E-state index >= 15 is 0 Å². The van der Waals surface area contributed by atoms with Crippen molar-refractivity contribution in [3.05, 3.63) is 23.8 Å². The van der Waals surface area contributed by atoms with Gasteiger partial charge in [0.05, 0.1) is 19.3 Å². The number of aliphatic hydroxyl groups is 1. The number of nitrogens with zero attached hydrogens (tertiary/aromatic N) is 1. The lowest BCUT2D eigenvalue weighted by molar-refractivity contribution is 0.216. The normalized spacial score (nSPS) is 13.2. The highest BCUT2D eigenvalue weighted by Crippen LogP contribution is 2.36. The second kappa shape index (κ2) is 6.26. The van der Waals surface area contributed by atoms with E-state index in [-0.39, 0.29) is 18.2 Å². The topological polar surface area (TPSA) is 44.7 Å². The first kappa shape index (κ1) is 15.8. The first-order valence-electron chi connectivity index (χ1n) is 6.58. The number of anilines is 1. The summed E-state index contributed by atoms with van der Waals surface area (Å²) in [6.07, 6.45) is 0. The molecule has 0 amide bonds. The molecule has 1 rings (SSSR count). The van der Waals surface area contributed by atoms with Crippen molar-refractivity contribution in [2.24, 2.45) is 0 Å². The van der Waals surface area contributed by atoms with Crippen LogP contribution in [0.2, 0.25) is 0 Å². The molecule has 1 aromatic rings. The second-order valence-corrected chi connectivity index (χ2v) is 5.43. The van der Waals surface area contributed by atoms with Gasteiger partial charge in [0.15, 0.2) is 0 Å². The molecule has 0 saturated carbocycles. The third kappa shape index (κ3) is 3.19. The van der Waals surface area contributed by atoms with E-state index < -0.39 is 0 Å². The Balaban J connectivity index is 3.34. The summed E-state index contributed by atoms with van der Waals surface area (Å²) in [4.78, 5) is 2.10. The van der Waals surface area contributed by atoms with Crippen molar-refractivity contribution in [1.29, 1.82) is 0 Å². The number of nitrogens with one attached hydrogen (secondary N) is 1. The molecule has 0 aliphatic carbocycles. The smallest absolute Gasteiger partial charge is 0.125 e. The third-order valence-electron chi connectivity index (χ3n) is 3.79. The van der Waals surface area contributed by atoms with E-state index in [0.29, 0.717) is 0 Å². The van der Waals surface area contributed by atoms with Crippen LogP contribution in [0.1, 0.15) is 32.4 Å². The van der Waals surface area contributed by atoms with E-state index in [2.05, 4.69) is 23.2 Å². The van der Waals surface area contributed by atoms with Gasteiger partial charge >= 0.3 is 0 Å². The van der Waals surface area contributed by atoms with Crippen LogP contribution in [0.3, 0.4) is 0 Å². The summed E-state index contributed by atoms with van der Waals surface area (Å²) in [5.41, 5.74) is 1.85. The molecule has 108 valence electrons. The number of rotatable bonds is 6. The predicted octanol–water partition coefficient (Wildman–Crippen LogP) is 2.18. The van der Waals surface area contributed by atoms with E-state index in [4.69, 9.17) is 4.74 Å². The van der Waals surface area contributed by atoms with Gasteiger partial charge in [-0.25, -0.2) is 0 Å². The highest BCUT2D eigenvalue weighted by Gasteiger charge is 2.27. The molecule has 0 radical (unpaired) electrons. The minimum absolute atomic E-state index is 0.0914. The van der Waals surface area contributed by atoms with Gasteiger partial charge in [-0.05, 0) is 40.0 Å². The van der Waals surface area contributed by atoms with Crippen molar-refractivity contribution in [2.75, 3.05) is 32.7 Å². The molecule has 0 heterocycles. The minimum atomic E-state index is -0.325. The number of benzene rings is 1. The second-order valence-electron chi connectivity index (χ2n) is 5.43. The average molecular weight is 266 g/mol. The van der Waals surface area contributed by atoms with Crippen molar-refractivity contribution >= 4 is 5.69 Å². The SMILES string of the molecule is CNC(C)c1c(OC)cccc1N(C)C(C)(C)CO. The van der Waals surface area contributed by atoms with Gasteiger partial charge in [0.2, 0.25) is 0 Å². The molecule has 0 saturated heterocycles. The largest absolute Gasteiger partial charge is 0.496 e. The fraction of sp³-hybridized carbons (Fsp3) is 0.600. The molecule has 2 N–H and O–H groups in total. The Hall–Kier alpha value is -1.26. The molecule has 0 aromatic heterocycles. The maximum absolute atomic E-state index is 9.55. The first-order chi connectivity index (χ1) is 8.88. The van der Waals surface area contributed by atoms with Crippen LogP contribution < -0.4 is 15.0 Å². The summed E-state index contributed by atoms with van der Waals surface area (Å²) in [5, 5.41) is 12.8. The average Bonchev–Trinajstić information content (AvgIpc) is 2.44. The molecule has 1 aromatic carbocycles. The van der Waals surface area contributed by atoms with Crippen LogP contribution in [-0.4, -0.2) is 38.5 Å². The van der Waals surface area contributed by atoms with Crippen molar-refractivity contribution in [3.8, 4) is 5.75 Å². The quantitative estimate of drug-likeness (QED) is 0.828. The lowest BCUT2D eigenvalue weighted by Crippen LogP contribution is -2.45. The highest BCUT2D eigenvalue weighted by atomic mass is 16.5. The number of hydrogen-bond donors (Lipinski definition) is 2. The van der Waals surface area contributed by atoms with Crippen LogP contribution in [0.25, 0.3) is 0 Å². The van der Waals surface area contributed by atoms with Gasteiger partial charge in [0.1, 0.15) is 5.75 Å². The molecule has 1 unspecified atom stereocenters. The van der Waals surface area contributed by atoms with Gasteiger partial charge in [-0.3, -0.25) is 0 Å². The number of methoxy groups -OCH3 is 1. The fourth-order valence-corrected chi connectivity index (χ4v) is 2.01. The van der Waals surface area contributed by atoms with Gasteiger partial charge in [-0.2, -0.15) is 0 Å². The van der Waals surface area contributed by atoms with Crippen LogP contribution in [0.5, 0.6) is 5.75 Å². The summed E-state index contributed by atoms with van der Waals surface area (Å²) in [6, 6.07) is 6.17. The van der Waals surface area contributed by atoms with E-state index in [1.165, 1.54) is 0 Å². The molecular weight excluding hydrogens is 240 g/mol. The van der Waals surface area contributed by atoms with Gasteiger partial charge in [0.25, 0.3) is 0 Å². The van der Waals surface area contributed by atoms with E-state index in [1.807, 2.05) is 40.1 Å². The summed E-state index contributed by atoms with van der Waals surface area (Å²) in [5.74, 6) is 0.861. The summed E-state index contributed by atoms with van der Waals surface area (Å²) < 4.78 is 5.48. The summed E-state index contributed by atoms with van der Waals surface area (Å²) in [7, 11) is 5.61. The monoisotopic (exact) mass is 266 g/mol. The maximum Gasteiger partial charge on any atom is 0.125 e. The summed E-state index contributed by atoms with van der Waals surface area (Å²) in [6.45, 7) is 6.22. The Morgan fingerprint density at radius 2 is 2.05 bits per heavy atom. The first-order valence-corrected chi connectivity index (χ1v) is 6.58. The van der Waals surface area contributed by atoms with Crippen LogP contribution in [0.15, 0.2) is 18.2 Å². The standard InChI is InChI=1S/C15H26N2O2/c1-11(16-4)14-12(8-7-9-13(14)19-6)17(5)15(2,3)10-18/h7-9,11,16,18H,10H2,1-6H3. The van der Waals surface area contributed by atoms with Gasteiger partial charge < -0.3 is 20.1 Å². The van der Waals surface area contributed by atoms with E-state index in [0.717, 1.165) is 17.0 Å². The Kier molecular flexibility index (Phi) is 5.20. The molecule has 0 aliphatic heterocycles. The Labute approximate surface area is 116 Å². The van der Waals surface area contributed by atoms with E-state index in [1.54, 1.807) is 7.11 Å². The van der Waals surface area contributed by atoms with Crippen molar-refractivity contribution < 1.29 is 9.84 Å². The molecule has 19 heavy (non-hydrogen) atoms.